The van der Waals surface area contributed by atoms with Gasteiger partial charge in [-0.3, -0.25) is 4.79 Å². The molecule has 0 unspecified atom stereocenters. The van der Waals surface area contributed by atoms with Crippen LogP contribution < -0.4 is 4.72 Å². The number of hydrogen-bond donors (Lipinski definition) is 1. The number of thioether (sulfide) groups is 1. The molecule has 0 heterocycles. The predicted octanol–water partition coefficient (Wildman–Crippen LogP) is 6.66. The van der Waals surface area contributed by atoms with Gasteiger partial charge in [-0.25, -0.2) is 13.1 Å². The quantitative estimate of drug-likeness (QED) is 0.254. The Hall–Kier alpha value is -3.45. The van der Waals surface area contributed by atoms with Crippen LogP contribution in [0.3, 0.4) is 0 Å². The first-order valence-electron chi connectivity index (χ1n) is 11.6. The van der Waals surface area contributed by atoms with Crippen molar-refractivity contribution in [2.24, 2.45) is 5.92 Å². The molecule has 0 aliphatic heterocycles. The van der Waals surface area contributed by atoms with Crippen molar-refractivity contribution in [3.05, 3.63) is 138 Å². The highest BCUT2D eigenvalue weighted by Gasteiger charge is 2.32. The molecule has 0 amide bonds. The molecule has 0 saturated carbocycles. The Morgan fingerprint density at radius 2 is 1.33 bits per heavy atom. The van der Waals surface area contributed by atoms with E-state index in [9.17, 15) is 13.2 Å². The molecule has 0 aromatic heterocycles. The lowest BCUT2D eigenvalue weighted by Crippen LogP contribution is -2.35. The molecule has 2 atom stereocenters. The Balaban J connectivity index is 1.75. The zero-order valence-corrected chi connectivity index (χ0v) is 21.5. The van der Waals surface area contributed by atoms with E-state index < -0.39 is 22.0 Å². The van der Waals surface area contributed by atoms with Crippen molar-refractivity contribution in [1.82, 2.24) is 4.72 Å². The fraction of sp³-hybridized carbons (Fsp3) is 0.100. The first kappa shape index (κ1) is 25.6. The van der Waals surface area contributed by atoms with E-state index in [0.717, 1.165) is 27.8 Å². The van der Waals surface area contributed by atoms with Gasteiger partial charge in [-0.15, -0.1) is 0 Å². The molecule has 0 bridgehead atoms. The van der Waals surface area contributed by atoms with Crippen LogP contribution in [-0.2, 0) is 14.8 Å². The van der Waals surface area contributed by atoms with Crippen LogP contribution in [0.2, 0.25) is 0 Å². The van der Waals surface area contributed by atoms with Gasteiger partial charge < -0.3 is 0 Å². The molecule has 36 heavy (non-hydrogen) atoms. The molecule has 0 aliphatic rings. The second-order valence-corrected chi connectivity index (χ2v) is 11.1. The van der Waals surface area contributed by atoms with Gasteiger partial charge in [0.2, 0.25) is 15.1 Å². The lowest BCUT2D eigenvalue weighted by atomic mass is 9.93. The van der Waals surface area contributed by atoms with Crippen LogP contribution in [0.25, 0.3) is 6.08 Å². The van der Waals surface area contributed by atoms with E-state index in [0.29, 0.717) is 5.56 Å². The molecule has 0 fully saturated rings. The van der Waals surface area contributed by atoms with E-state index in [1.165, 1.54) is 0 Å². The minimum atomic E-state index is -3.90. The third-order valence-corrected chi connectivity index (χ3v) is 8.10. The first-order chi connectivity index (χ1) is 17.4. The second kappa shape index (κ2) is 12.0. The lowest BCUT2D eigenvalue weighted by Gasteiger charge is -2.25. The van der Waals surface area contributed by atoms with Gasteiger partial charge >= 0.3 is 0 Å². The summed E-state index contributed by atoms with van der Waals surface area (Å²) in [6, 6.07) is 34.1. The van der Waals surface area contributed by atoms with Gasteiger partial charge in [0.15, 0.2) is 0 Å². The summed E-state index contributed by atoms with van der Waals surface area (Å²) < 4.78 is 29.7. The minimum Gasteiger partial charge on any atom is -0.286 e. The Morgan fingerprint density at radius 3 is 1.94 bits per heavy atom. The van der Waals surface area contributed by atoms with E-state index in [1.54, 1.807) is 30.3 Å². The number of carbonyl (C=O) groups excluding carboxylic acids is 1. The van der Waals surface area contributed by atoms with Crippen molar-refractivity contribution < 1.29 is 13.2 Å². The first-order valence-corrected chi connectivity index (χ1v) is 13.9. The normalized spacial score (nSPS) is 13.4. The SMILES string of the molecule is Cc1ccc(S(=O)(=O)N[C@H](c2ccccc2)[C@H](/C=C/c2ccccc2)C(=O)Sc2ccccc2)cc1. The predicted molar refractivity (Wildman–Crippen MR) is 147 cm³/mol. The molecule has 0 spiro atoms. The second-order valence-electron chi connectivity index (χ2n) is 8.35. The van der Waals surface area contributed by atoms with E-state index in [-0.39, 0.29) is 10.0 Å². The Bertz CT molecular complexity index is 1400. The highest BCUT2D eigenvalue weighted by atomic mass is 32.2. The number of benzene rings is 4. The summed E-state index contributed by atoms with van der Waals surface area (Å²) in [5.74, 6) is -0.766. The average molecular weight is 514 g/mol. The maximum absolute atomic E-state index is 13.7. The van der Waals surface area contributed by atoms with E-state index in [4.69, 9.17) is 0 Å². The van der Waals surface area contributed by atoms with Crippen molar-refractivity contribution in [3.8, 4) is 0 Å². The summed E-state index contributed by atoms with van der Waals surface area (Å²) in [4.78, 5) is 14.6. The smallest absolute Gasteiger partial charge is 0.241 e. The maximum atomic E-state index is 13.7. The summed E-state index contributed by atoms with van der Waals surface area (Å²) in [6.45, 7) is 1.90. The summed E-state index contributed by atoms with van der Waals surface area (Å²) in [5, 5.41) is -0.158. The van der Waals surface area contributed by atoms with Crippen molar-refractivity contribution in [1.29, 1.82) is 0 Å². The number of hydrogen-bond acceptors (Lipinski definition) is 4. The van der Waals surface area contributed by atoms with Crippen LogP contribution in [0.5, 0.6) is 0 Å². The van der Waals surface area contributed by atoms with E-state index in [1.807, 2.05) is 104 Å². The summed E-state index contributed by atoms with van der Waals surface area (Å²) in [5.41, 5.74) is 2.60. The van der Waals surface area contributed by atoms with Crippen molar-refractivity contribution in [3.63, 3.8) is 0 Å². The molecular formula is C30H27NO3S2. The summed E-state index contributed by atoms with van der Waals surface area (Å²) in [6.07, 6.45) is 3.66. The summed E-state index contributed by atoms with van der Waals surface area (Å²) in [7, 11) is -3.90. The third kappa shape index (κ3) is 6.82. The van der Waals surface area contributed by atoms with Gasteiger partial charge in [-0.05, 0) is 42.3 Å². The average Bonchev–Trinajstić information content (AvgIpc) is 2.90. The van der Waals surface area contributed by atoms with Crippen molar-refractivity contribution in [2.45, 2.75) is 22.8 Å². The van der Waals surface area contributed by atoms with Crippen LogP contribution in [0.1, 0.15) is 22.7 Å². The highest BCUT2D eigenvalue weighted by Crippen LogP contribution is 2.33. The number of nitrogens with one attached hydrogen (secondary N) is 1. The lowest BCUT2D eigenvalue weighted by molar-refractivity contribution is -0.113. The molecule has 6 heteroatoms. The standard InChI is InChI=1S/C30H27NO3S2/c1-23-17-20-27(21-18-23)36(33,34)31-29(25-13-7-3-8-14-25)28(22-19-24-11-5-2-6-12-24)30(32)35-26-15-9-4-10-16-26/h2-22,28-29,31H,1H3/b22-19+/t28-,29+/m0/s1. The fourth-order valence-corrected chi connectivity index (χ4v) is 5.86. The number of carbonyl (C=O) groups is 1. The van der Waals surface area contributed by atoms with Crippen LogP contribution >= 0.6 is 11.8 Å². The minimum absolute atomic E-state index is 0.156. The van der Waals surface area contributed by atoms with Crippen LogP contribution in [0.4, 0.5) is 0 Å². The van der Waals surface area contributed by atoms with Crippen molar-refractivity contribution in [2.75, 3.05) is 0 Å². The highest BCUT2D eigenvalue weighted by molar-refractivity contribution is 8.13. The largest absolute Gasteiger partial charge is 0.286 e. The Morgan fingerprint density at radius 1 is 0.778 bits per heavy atom. The van der Waals surface area contributed by atoms with E-state index in [2.05, 4.69) is 4.72 Å². The molecule has 4 aromatic rings. The zero-order chi connectivity index (χ0) is 25.4. The molecule has 4 rings (SSSR count). The molecular weight excluding hydrogens is 486 g/mol. The van der Waals surface area contributed by atoms with Gasteiger partial charge in [0.25, 0.3) is 0 Å². The number of sulfonamides is 1. The Kier molecular flexibility index (Phi) is 8.54. The fourth-order valence-electron chi connectivity index (χ4n) is 3.74. The molecule has 182 valence electrons. The molecule has 1 N–H and O–H groups in total. The molecule has 0 radical (unpaired) electrons. The van der Waals surface area contributed by atoms with Crippen LogP contribution in [0, 0.1) is 12.8 Å². The molecule has 0 aliphatic carbocycles. The van der Waals surface area contributed by atoms with Gasteiger partial charge in [0.1, 0.15) is 0 Å². The van der Waals surface area contributed by atoms with Gasteiger partial charge in [0, 0.05) is 4.90 Å². The van der Waals surface area contributed by atoms with Gasteiger partial charge in [-0.1, -0.05) is 120 Å². The zero-order valence-electron chi connectivity index (χ0n) is 19.8. The third-order valence-electron chi connectivity index (χ3n) is 5.66. The number of rotatable bonds is 9. The molecule has 0 saturated heterocycles. The van der Waals surface area contributed by atoms with Crippen molar-refractivity contribution >= 4 is 33.0 Å². The topological polar surface area (TPSA) is 63.2 Å². The van der Waals surface area contributed by atoms with Crippen LogP contribution in [-0.4, -0.2) is 13.5 Å². The van der Waals surface area contributed by atoms with Gasteiger partial charge in [-0.2, -0.15) is 0 Å². The van der Waals surface area contributed by atoms with E-state index >= 15 is 0 Å². The molecule has 4 aromatic carbocycles. The number of aryl methyl sites for hydroxylation is 1. The summed E-state index contributed by atoms with van der Waals surface area (Å²) >= 11 is 1.11. The Labute approximate surface area is 217 Å². The molecule has 4 nitrogen and oxygen atoms in total. The van der Waals surface area contributed by atoms with Gasteiger partial charge in [0.05, 0.1) is 16.9 Å². The van der Waals surface area contributed by atoms with Crippen LogP contribution in [0.15, 0.2) is 131 Å². The maximum Gasteiger partial charge on any atom is 0.241 e. The monoisotopic (exact) mass is 513 g/mol.